The number of ether oxygens (including phenoxy) is 2. The van der Waals surface area contributed by atoms with E-state index in [1.807, 2.05) is 0 Å². The van der Waals surface area contributed by atoms with E-state index in [9.17, 15) is 0 Å². The molecule has 0 unspecified atom stereocenters. The van der Waals surface area contributed by atoms with Gasteiger partial charge in [-0.3, -0.25) is 0 Å². The van der Waals surface area contributed by atoms with Crippen LogP contribution < -0.4 is 9.47 Å². The molecule has 6 heteroatoms. The number of hydrogen-bond acceptors (Lipinski definition) is 3. The van der Waals surface area contributed by atoms with Crippen molar-refractivity contribution in [2.75, 3.05) is 33.4 Å². The number of benzene rings is 1. The van der Waals surface area contributed by atoms with E-state index in [0.717, 1.165) is 19.6 Å². The molecule has 1 rings (SSSR count). The van der Waals surface area contributed by atoms with Crippen molar-refractivity contribution in [1.82, 2.24) is 4.90 Å². The summed E-state index contributed by atoms with van der Waals surface area (Å²) >= 11 is 12.0. The molecule has 19 heavy (non-hydrogen) atoms. The Morgan fingerprint density at radius 3 is 2.32 bits per heavy atom. The van der Waals surface area contributed by atoms with Crippen LogP contribution in [0.1, 0.15) is 13.8 Å². The number of nitrogens with zero attached hydrogens (tertiary/aromatic N) is 1. The molecule has 0 bridgehead atoms. The van der Waals surface area contributed by atoms with Crippen LogP contribution in [0.2, 0.25) is 10.0 Å². The fourth-order valence-corrected chi connectivity index (χ4v) is 2.22. The summed E-state index contributed by atoms with van der Waals surface area (Å²) in [6.45, 7) is 7.70. The van der Waals surface area contributed by atoms with Crippen LogP contribution in [0.4, 0.5) is 0 Å². The average Bonchev–Trinajstić information content (AvgIpc) is 2.34. The van der Waals surface area contributed by atoms with Crippen LogP contribution in [-0.4, -0.2) is 38.3 Å². The van der Waals surface area contributed by atoms with Crippen molar-refractivity contribution in [2.45, 2.75) is 13.8 Å². The first-order valence-electron chi connectivity index (χ1n) is 6.00. The summed E-state index contributed by atoms with van der Waals surface area (Å²) in [5, 5.41) is 1.00. The lowest BCUT2D eigenvalue weighted by Gasteiger charge is -2.19. The minimum absolute atomic E-state index is 0. The standard InChI is InChI=1S/C13H19Cl2NO2.ClH/c1-4-16(5-2)6-7-18-12-9-10(14)8-11(15)13(12)17-3;/h8-9H,4-7H2,1-3H3;1H. The number of hydrogen-bond donors (Lipinski definition) is 0. The van der Waals surface area contributed by atoms with Gasteiger partial charge in [0.25, 0.3) is 0 Å². The number of likely N-dealkylation sites (N-methyl/N-ethyl adjacent to an activating group) is 1. The predicted octanol–water partition coefficient (Wildman–Crippen LogP) is 4.14. The first-order valence-corrected chi connectivity index (χ1v) is 6.76. The van der Waals surface area contributed by atoms with Crippen molar-refractivity contribution in [2.24, 2.45) is 0 Å². The van der Waals surface area contributed by atoms with E-state index < -0.39 is 0 Å². The van der Waals surface area contributed by atoms with E-state index in [1.165, 1.54) is 0 Å². The van der Waals surface area contributed by atoms with Crippen LogP contribution in [0, 0.1) is 0 Å². The molecule has 0 heterocycles. The summed E-state index contributed by atoms with van der Waals surface area (Å²) in [6.07, 6.45) is 0. The van der Waals surface area contributed by atoms with Gasteiger partial charge >= 0.3 is 0 Å². The van der Waals surface area contributed by atoms with E-state index in [4.69, 9.17) is 32.7 Å². The van der Waals surface area contributed by atoms with Crippen LogP contribution in [0.15, 0.2) is 12.1 Å². The molecular weight excluding hydrogens is 309 g/mol. The molecule has 0 aliphatic carbocycles. The van der Waals surface area contributed by atoms with Crippen molar-refractivity contribution in [3.8, 4) is 11.5 Å². The fourth-order valence-electron chi connectivity index (χ4n) is 1.67. The second kappa shape index (κ2) is 9.54. The Labute approximate surface area is 131 Å². The normalized spacial score (nSPS) is 10.2. The summed E-state index contributed by atoms with van der Waals surface area (Å²) in [5.74, 6) is 1.11. The lowest BCUT2D eigenvalue weighted by molar-refractivity contribution is 0.217. The Hall–Kier alpha value is -0.350. The van der Waals surface area contributed by atoms with Gasteiger partial charge in [-0.25, -0.2) is 0 Å². The molecule has 0 radical (unpaired) electrons. The lowest BCUT2D eigenvalue weighted by Crippen LogP contribution is -2.27. The van der Waals surface area contributed by atoms with E-state index in [-0.39, 0.29) is 12.4 Å². The zero-order valence-electron chi connectivity index (χ0n) is 11.4. The molecule has 0 fully saturated rings. The maximum absolute atomic E-state index is 6.03. The summed E-state index contributed by atoms with van der Waals surface area (Å²) in [4.78, 5) is 2.28. The maximum atomic E-state index is 6.03. The first-order chi connectivity index (χ1) is 8.62. The van der Waals surface area contributed by atoms with Crippen LogP contribution in [0.25, 0.3) is 0 Å². The third kappa shape index (κ3) is 5.65. The third-order valence-corrected chi connectivity index (χ3v) is 3.24. The summed E-state index contributed by atoms with van der Waals surface area (Å²) in [5.41, 5.74) is 0. The zero-order chi connectivity index (χ0) is 13.5. The Bertz CT molecular complexity index is 384. The first kappa shape index (κ1) is 18.7. The smallest absolute Gasteiger partial charge is 0.179 e. The highest BCUT2D eigenvalue weighted by molar-refractivity contribution is 6.35. The van der Waals surface area contributed by atoms with Gasteiger partial charge in [-0.1, -0.05) is 37.0 Å². The molecule has 0 amide bonds. The van der Waals surface area contributed by atoms with Gasteiger partial charge in [0.1, 0.15) is 6.61 Å². The number of halogens is 3. The molecule has 0 atom stereocenters. The van der Waals surface area contributed by atoms with E-state index in [2.05, 4.69) is 18.7 Å². The molecule has 0 saturated heterocycles. The molecule has 0 aromatic heterocycles. The topological polar surface area (TPSA) is 21.7 Å². The summed E-state index contributed by atoms with van der Waals surface area (Å²) in [6, 6.07) is 3.35. The van der Waals surface area contributed by atoms with E-state index >= 15 is 0 Å². The van der Waals surface area contributed by atoms with Crippen LogP contribution in [0.5, 0.6) is 11.5 Å². The minimum atomic E-state index is 0. The van der Waals surface area contributed by atoms with Crippen molar-refractivity contribution in [1.29, 1.82) is 0 Å². The molecule has 0 saturated carbocycles. The second-order valence-electron chi connectivity index (χ2n) is 3.79. The largest absolute Gasteiger partial charge is 0.491 e. The van der Waals surface area contributed by atoms with Crippen molar-refractivity contribution in [3.63, 3.8) is 0 Å². The Morgan fingerprint density at radius 2 is 1.79 bits per heavy atom. The molecule has 3 nitrogen and oxygen atoms in total. The van der Waals surface area contributed by atoms with Crippen molar-refractivity contribution < 1.29 is 9.47 Å². The predicted molar refractivity (Wildman–Crippen MR) is 83.5 cm³/mol. The van der Waals surface area contributed by atoms with Crippen molar-refractivity contribution >= 4 is 35.6 Å². The van der Waals surface area contributed by atoms with Crippen LogP contribution in [-0.2, 0) is 0 Å². The molecule has 0 spiro atoms. The van der Waals surface area contributed by atoms with Gasteiger partial charge in [0, 0.05) is 17.6 Å². The van der Waals surface area contributed by atoms with Crippen LogP contribution >= 0.6 is 35.6 Å². The van der Waals surface area contributed by atoms with E-state index in [1.54, 1.807) is 19.2 Å². The Balaban J connectivity index is 0.00000324. The zero-order valence-corrected chi connectivity index (χ0v) is 13.7. The fraction of sp³-hybridized carbons (Fsp3) is 0.538. The van der Waals surface area contributed by atoms with Gasteiger partial charge in [-0.15, -0.1) is 12.4 Å². The molecule has 0 N–H and O–H groups in total. The van der Waals surface area contributed by atoms with Gasteiger partial charge in [-0.05, 0) is 19.2 Å². The second-order valence-corrected chi connectivity index (χ2v) is 4.64. The Morgan fingerprint density at radius 1 is 1.16 bits per heavy atom. The van der Waals surface area contributed by atoms with Crippen LogP contribution in [0.3, 0.4) is 0 Å². The highest BCUT2D eigenvalue weighted by atomic mass is 35.5. The lowest BCUT2D eigenvalue weighted by atomic mass is 10.3. The minimum Gasteiger partial charge on any atom is -0.491 e. The van der Waals surface area contributed by atoms with Crippen molar-refractivity contribution in [3.05, 3.63) is 22.2 Å². The van der Waals surface area contributed by atoms with E-state index in [0.29, 0.717) is 28.2 Å². The van der Waals surface area contributed by atoms with Gasteiger partial charge in [0.2, 0.25) is 0 Å². The monoisotopic (exact) mass is 327 g/mol. The molecule has 1 aromatic carbocycles. The highest BCUT2D eigenvalue weighted by Crippen LogP contribution is 2.37. The Kier molecular flexibility index (Phi) is 9.36. The SMILES string of the molecule is CCN(CC)CCOc1cc(Cl)cc(Cl)c1OC.Cl. The summed E-state index contributed by atoms with van der Waals surface area (Å²) < 4.78 is 10.9. The average molecular weight is 329 g/mol. The van der Waals surface area contributed by atoms with Gasteiger partial charge in [0.05, 0.1) is 12.1 Å². The number of rotatable bonds is 7. The third-order valence-electron chi connectivity index (χ3n) is 2.74. The summed E-state index contributed by atoms with van der Waals surface area (Å²) in [7, 11) is 1.56. The molecule has 0 aliphatic heterocycles. The highest BCUT2D eigenvalue weighted by Gasteiger charge is 2.11. The van der Waals surface area contributed by atoms with Gasteiger partial charge in [0.15, 0.2) is 11.5 Å². The molecular formula is C13H20Cl3NO2. The maximum Gasteiger partial charge on any atom is 0.179 e. The van der Waals surface area contributed by atoms with Gasteiger partial charge < -0.3 is 14.4 Å². The van der Waals surface area contributed by atoms with Gasteiger partial charge in [-0.2, -0.15) is 0 Å². The molecule has 110 valence electrons. The number of methoxy groups -OCH3 is 1. The molecule has 1 aromatic rings. The quantitative estimate of drug-likeness (QED) is 0.750. The molecule has 0 aliphatic rings.